The van der Waals surface area contributed by atoms with E-state index in [2.05, 4.69) is 5.32 Å². The second-order valence-electron chi connectivity index (χ2n) is 4.95. The van der Waals surface area contributed by atoms with Crippen LogP contribution in [-0.2, 0) is 16.1 Å². The van der Waals surface area contributed by atoms with E-state index < -0.39 is 18.1 Å². The topological polar surface area (TPSA) is 58.6 Å². The zero-order valence-corrected chi connectivity index (χ0v) is 12.6. The average Bonchev–Trinajstić information content (AvgIpc) is 2.57. The van der Waals surface area contributed by atoms with Crippen molar-refractivity contribution in [3.63, 3.8) is 0 Å². The fourth-order valence-electron chi connectivity index (χ4n) is 2.26. The number of rotatable bonds is 7. The summed E-state index contributed by atoms with van der Waals surface area (Å²) in [5, 5.41) is 13.5. The van der Waals surface area contributed by atoms with Crippen molar-refractivity contribution in [2.75, 3.05) is 6.61 Å². The predicted molar refractivity (Wildman–Crippen MR) is 85.1 cm³/mol. The van der Waals surface area contributed by atoms with Gasteiger partial charge in [0.15, 0.2) is 6.10 Å². The fraction of sp³-hybridized carbons (Fsp3) is 0.278. The van der Waals surface area contributed by atoms with E-state index in [1.54, 1.807) is 6.92 Å². The standard InChI is InChI=1S/C18H21NO3/c1-2-22-18(21)17(20)16(15-11-7-4-8-12-15)19-13-14-9-5-3-6-10-14/h3-12,16-17,19-20H,2,13H2,1H3/t16-,17+/m1/s1. The second kappa shape index (κ2) is 8.32. The highest BCUT2D eigenvalue weighted by Crippen LogP contribution is 2.19. The van der Waals surface area contributed by atoms with Crippen LogP contribution < -0.4 is 5.32 Å². The number of ether oxygens (including phenoxy) is 1. The molecule has 0 amide bonds. The zero-order valence-electron chi connectivity index (χ0n) is 12.6. The molecule has 4 nitrogen and oxygen atoms in total. The largest absolute Gasteiger partial charge is 0.464 e. The van der Waals surface area contributed by atoms with Crippen LogP contribution in [-0.4, -0.2) is 23.8 Å². The number of hydrogen-bond acceptors (Lipinski definition) is 4. The Bertz CT molecular complexity index is 571. The van der Waals surface area contributed by atoms with Gasteiger partial charge in [-0.1, -0.05) is 60.7 Å². The van der Waals surface area contributed by atoms with Gasteiger partial charge < -0.3 is 15.2 Å². The first-order chi connectivity index (χ1) is 10.7. The highest BCUT2D eigenvalue weighted by atomic mass is 16.5. The van der Waals surface area contributed by atoms with Crippen LogP contribution in [0, 0.1) is 0 Å². The second-order valence-corrected chi connectivity index (χ2v) is 4.95. The van der Waals surface area contributed by atoms with Gasteiger partial charge in [-0.15, -0.1) is 0 Å². The Morgan fingerprint density at radius 1 is 1.09 bits per heavy atom. The molecular weight excluding hydrogens is 278 g/mol. The number of hydrogen-bond donors (Lipinski definition) is 2. The minimum atomic E-state index is -1.24. The van der Waals surface area contributed by atoms with Gasteiger partial charge in [-0.2, -0.15) is 0 Å². The molecule has 0 saturated heterocycles. The quantitative estimate of drug-likeness (QED) is 0.771. The van der Waals surface area contributed by atoms with Crippen molar-refractivity contribution in [3.05, 3.63) is 71.8 Å². The van der Waals surface area contributed by atoms with Crippen molar-refractivity contribution in [1.29, 1.82) is 0 Å². The Balaban J connectivity index is 2.13. The van der Waals surface area contributed by atoms with Gasteiger partial charge in [0.25, 0.3) is 0 Å². The molecule has 22 heavy (non-hydrogen) atoms. The van der Waals surface area contributed by atoms with Crippen molar-refractivity contribution < 1.29 is 14.6 Å². The number of aliphatic hydroxyl groups excluding tert-OH is 1. The summed E-state index contributed by atoms with van der Waals surface area (Å²) in [7, 11) is 0. The maximum atomic E-state index is 11.9. The van der Waals surface area contributed by atoms with Gasteiger partial charge in [0.1, 0.15) is 0 Å². The van der Waals surface area contributed by atoms with E-state index in [4.69, 9.17) is 4.74 Å². The third-order valence-corrected chi connectivity index (χ3v) is 3.37. The van der Waals surface area contributed by atoms with Crippen LogP contribution in [0.3, 0.4) is 0 Å². The molecule has 0 saturated carbocycles. The lowest BCUT2D eigenvalue weighted by Gasteiger charge is -2.23. The summed E-state index contributed by atoms with van der Waals surface area (Å²) in [6.07, 6.45) is -1.24. The number of esters is 1. The zero-order chi connectivity index (χ0) is 15.8. The molecule has 0 aliphatic carbocycles. The van der Waals surface area contributed by atoms with E-state index in [1.165, 1.54) is 0 Å². The molecule has 116 valence electrons. The number of aliphatic hydroxyl groups is 1. The number of benzene rings is 2. The summed E-state index contributed by atoms with van der Waals surface area (Å²) in [5.41, 5.74) is 1.93. The molecule has 2 aromatic carbocycles. The maximum absolute atomic E-state index is 11.9. The SMILES string of the molecule is CCOC(=O)[C@@H](O)[C@H](NCc1ccccc1)c1ccccc1. The monoisotopic (exact) mass is 299 g/mol. The third-order valence-electron chi connectivity index (χ3n) is 3.37. The van der Waals surface area contributed by atoms with Crippen LogP contribution in [0.2, 0.25) is 0 Å². The van der Waals surface area contributed by atoms with Crippen molar-refractivity contribution in [3.8, 4) is 0 Å². The molecule has 0 heterocycles. The van der Waals surface area contributed by atoms with E-state index in [9.17, 15) is 9.90 Å². The summed E-state index contributed by atoms with van der Waals surface area (Å²) in [5.74, 6) is -0.614. The Kier molecular flexibility index (Phi) is 6.13. The third kappa shape index (κ3) is 4.41. The molecule has 0 radical (unpaired) electrons. The van der Waals surface area contributed by atoms with Gasteiger partial charge >= 0.3 is 5.97 Å². The van der Waals surface area contributed by atoms with Crippen LogP contribution in [0.4, 0.5) is 0 Å². The van der Waals surface area contributed by atoms with Crippen LogP contribution >= 0.6 is 0 Å². The summed E-state index contributed by atoms with van der Waals surface area (Å²) in [6, 6.07) is 18.7. The highest BCUT2D eigenvalue weighted by Gasteiger charge is 2.28. The molecule has 2 N–H and O–H groups in total. The van der Waals surface area contributed by atoms with Crippen molar-refractivity contribution in [2.24, 2.45) is 0 Å². The number of nitrogens with one attached hydrogen (secondary N) is 1. The van der Waals surface area contributed by atoms with Gasteiger partial charge in [0.05, 0.1) is 12.6 Å². The molecule has 0 spiro atoms. The Morgan fingerprint density at radius 3 is 2.27 bits per heavy atom. The maximum Gasteiger partial charge on any atom is 0.336 e. The number of carbonyl (C=O) groups is 1. The van der Waals surface area contributed by atoms with Crippen molar-refractivity contribution >= 4 is 5.97 Å². The van der Waals surface area contributed by atoms with Crippen LogP contribution in [0.1, 0.15) is 24.1 Å². The van der Waals surface area contributed by atoms with E-state index in [0.717, 1.165) is 11.1 Å². The highest BCUT2D eigenvalue weighted by molar-refractivity contribution is 5.75. The van der Waals surface area contributed by atoms with E-state index in [-0.39, 0.29) is 6.61 Å². The molecule has 2 atom stereocenters. The van der Waals surface area contributed by atoms with Crippen LogP contribution in [0.25, 0.3) is 0 Å². The fourth-order valence-corrected chi connectivity index (χ4v) is 2.26. The molecular formula is C18H21NO3. The van der Waals surface area contributed by atoms with Gasteiger partial charge in [-0.25, -0.2) is 4.79 Å². The summed E-state index contributed by atoms with van der Waals surface area (Å²) < 4.78 is 4.93. The van der Waals surface area contributed by atoms with Crippen molar-refractivity contribution in [1.82, 2.24) is 5.32 Å². The summed E-state index contributed by atoms with van der Waals surface area (Å²) in [6.45, 7) is 2.52. The lowest BCUT2D eigenvalue weighted by Crippen LogP contribution is -2.38. The Labute approximate surface area is 130 Å². The van der Waals surface area contributed by atoms with E-state index in [1.807, 2.05) is 60.7 Å². The molecule has 0 unspecified atom stereocenters. The molecule has 0 aromatic heterocycles. The number of carbonyl (C=O) groups excluding carboxylic acids is 1. The first-order valence-corrected chi connectivity index (χ1v) is 7.39. The Hall–Kier alpha value is -2.17. The van der Waals surface area contributed by atoms with E-state index in [0.29, 0.717) is 6.54 Å². The van der Waals surface area contributed by atoms with Crippen LogP contribution in [0.15, 0.2) is 60.7 Å². The van der Waals surface area contributed by atoms with Gasteiger partial charge in [0, 0.05) is 6.54 Å². The lowest BCUT2D eigenvalue weighted by molar-refractivity contribution is -0.154. The molecule has 0 aliphatic rings. The molecule has 4 heteroatoms. The van der Waals surface area contributed by atoms with Crippen molar-refractivity contribution in [2.45, 2.75) is 25.6 Å². The van der Waals surface area contributed by atoms with Gasteiger partial charge in [-0.05, 0) is 18.1 Å². The van der Waals surface area contributed by atoms with Crippen LogP contribution in [0.5, 0.6) is 0 Å². The first kappa shape index (κ1) is 16.2. The molecule has 2 aromatic rings. The minimum absolute atomic E-state index is 0.246. The van der Waals surface area contributed by atoms with E-state index >= 15 is 0 Å². The molecule has 2 rings (SSSR count). The minimum Gasteiger partial charge on any atom is -0.464 e. The van der Waals surface area contributed by atoms with Gasteiger partial charge in [-0.3, -0.25) is 0 Å². The summed E-state index contributed by atoms with van der Waals surface area (Å²) in [4.78, 5) is 11.9. The Morgan fingerprint density at radius 2 is 1.68 bits per heavy atom. The lowest BCUT2D eigenvalue weighted by atomic mass is 10.0. The predicted octanol–water partition coefficient (Wildman–Crippen LogP) is 2.44. The average molecular weight is 299 g/mol. The normalized spacial score (nSPS) is 13.4. The molecule has 0 aliphatic heterocycles. The molecule has 0 fully saturated rings. The molecule has 0 bridgehead atoms. The first-order valence-electron chi connectivity index (χ1n) is 7.39. The smallest absolute Gasteiger partial charge is 0.336 e. The van der Waals surface area contributed by atoms with Gasteiger partial charge in [0.2, 0.25) is 0 Å². The summed E-state index contributed by atoms with van der Waals surface area (Å²) >= 11 is 0.